The van der Waals surface area contributed by atoms with Crippen LogP contribution in [-0.2, 0) is 23.2 Å². The van der Waals surface area contributed by atoms with Crippen LogP contribution in [0.5, 0.6) is 0 Å². The van der Waals surface area contributed by atoms with Crippen molar-refractivity contribution in [2.75, 3.05) is 12.5 Å². The van der Waals surface area contributed by atoms with Gasteiger partial charge in [0.1, 0.15) is 11.4 Å². The van der Waals surface area contributed by atoms with E-state index in [1.54, 1.807) is 7.11 Å². The first-order valence-electron chi connectivity index (χ1n) is 6.50. The minimum atomic E-state index is -0.493. The van der Waals surface area contributed by atoms with Crippen molar-refractivity contribution in [2.45, 2.75) is 51.6 Å². The molecule has 1 aliphatic carbocycles. The summed E-state index contributed by atoms with van der Waals surface area (Å²) in [7, 11) is 1.67. The monoisotopic (exact) mass is 250 g/mol. The highest BCUT2D eigenvalue weighted by Crippen LogP contribution is 2.28. The molecule has 1 aromatic rings. The number of methoxy groups -OCH3 is 1. The van der Waals surface area contributed by atoms with Gasteiger partial charge in [0, 0.05) is 18.4 Å². The number of hydrazine groups is 1. The van der Waals surface area contributed by atoms with Crippen LogP contribution in [-0.4, -0.2) is 17.1 Å². The van der Waals surface area contributed by atoms with Crippen molar-refractivity contribution in [2.24, 2.45) is 5.84 Å². The Balaban J connectivity index is 2.49. The molecule has 0 unspecified atom stereocenters. The second-order valence-electron chi connectivity index (χ2n) is 5.24. The van der Waals surface area contributed by atoms with Gasteiger partial charge in [0.15, 0.2) is 5.82 Å². The van der Waals surface area contributed by atoms with Crippen LogP contribution in [0.2, 0.25) is 0 Å². The molecule has 0 radical (unpaired) electrons. The molecule has 0 aromatic carbocycles. The van der Waals surface area contributed by atoms with Crippen LogP contribution in [0.15, 0.2) is 0 Å². The second kappa shape index (κ2) is 5.20. The van der Waals surface area contributed by atoms with Gasteiger partial charge in [0.2, 0.25) is 0 Å². The Labute approximate surface area is 108 Å². The van der Waals surface area contributed by atoms with Crippen LogP contribution in [0.4, 0.5) is 5.82 Å². The highest BCUT2D eigenvalue weighted by atomic mass is 16.5. The van der Waals surface area contributed by atoms with E-state index in [2.05, 4.69) is 10.4 Å². The number of nitrogen functional groups attached to an aromatic ring is 1. The maximum absolute atomic E-state index is 5.60. The van der Waals surface area contributed by atoms with Crippen LogP contribution in [0.3, 0.4) is 0 Å². The number of nitrogens with zero attached hydrogens (tertiary/aromatic N) is 2. The molecule has 1 aliphatic rings. The number of anilines is 1. The van der Waals surface area contributed by atoms with Crippen LogP contribution >= 0.6 is 0 Å². The lowest BCUT2D eigenvalue weighted by Gasteiger charge is -2.23. The number of hydrogen-bond donors (Lipinski definition) is 2. The van der Waals surface area contributed by atoms with Gasteiger partial charge in [-0.05, 0) is 39.5 Å². The SMILES string of the molecule is COC(C)(C)c1nc2c(c(NN)n1)CCCCC2. The van der Waals surface area contributed by atoms with Crippen LogP contribution in [0.25, 0.3) is 0 Å². The molecule has 1 aromatic heterocycles. The first-order chi connectivity index (χ1) is 8.58. The molecule has 100 valence electrons. The number of ether oxygens (including phenoxy) is 1. The van der Waals surface area contributed by atoms with Crippen molar-refractivity contribution in [3.8, 4) is 0 Å². The summed E-state index contributed by atoms with van der Waals surface area (Å²) in [6.07, 6.45) is 5.60. The number of rotatable bonds is 3. The Morgan fingerprint density at radius 3 is 2.56 bits per heavy atom. The van der Waals surface area contributed by atoms with Crippen molar-refractivity contribution in [3.63, 3.8) is 0 Å². The Hall–Kier alpha value is -1.20. The summed E-state index contributed by atoms with van der Waals surface area (Å²) in [4.78, 5) is 9.21. The van der Waals surface area contributed by atoms with E-state index in [1.165, 1.54) is 24.8 Å². The van der Waals surface area contributed by atoms with E-state index < -0.39 is 5.60 Å². The minimum Gasteiger partial charge on any atom is -0.371 e. The Kier molecular flexibility index (Phi) is 3.82. The quantitative estimate of drug-likeness (QED) is 0.487. The van der Waals surface area contributed by atoms with E-state index >= 15 is 0 Å². The molecule has 0 spiro atoms. The zero-order chi connectivity index (χ0) is 13.2. The van der Waals surface area contributed by atoms with Crippen molar-refractivity contribution >= 4 is 5.82 Å². The topological polar surface area (TPSA) is 73.1 Å². The lowest BCUT2D eigenvalue weighted by atomic mass is 10.1. The summed E-state index contributed by atoms with van der Waals surface area (Å²) in [6.45, 7) is 3.93. The fourth-order valence-corrected chi connectivity index (χ4v) is 2.25. The summed E-state index contributed by atoms with van der Waals surface area (Å²) in [6, 6.07) is 0. The van der Waals surface area contributed by atoms with E-state index in [-0.39, 0.29) is 0 Å². The molecule has 5 nitrogen and oxygen atoms in total. The van der Waals surface area contributed by atoms with Gasteiger partial charge in [0.05, 0.1) is 0 Å². The summed E-state index contributed by atoms with van der Waals surface area (Å²) in [5.41, 5.74) is 4.51. The van der Waals surface area contributed by atoms with Gasteiger partial charge in [-0.25, -0.2) is 15.8 Å². The number of aryl methyl sites for hydroxylation is 1. The first-order valence-corrected chi connectivity index (χ1v) is 6.50. The number of aromatic nitrogens is 2. The van der Waals surface area contributed by atoms with Gasteiger partial charge in [-0.2, -0.15) is 0 Å². The van der Waals surface area contributed by atoms with Gasteiger partial charge in [-0.3, -0.25) is 0 Å². The van der Waals surface area contributed by atoms with Crippen molar-refractivity contribution in [1.29, 1.82) is 0 Å². The molecule has 0 amide bonds. The van der Waals surface area contributed by atoms with Crippen molar-refractivity contribution in [1.82, 2.24) is 9.97 Å². The molecule has 5 heteroatoms. The molecule has 0 saturated heterocycles. The van der Waals surface area contributed by atoms with E-state index in [0.29, 0.717) is 5.82 Å². The van der Waals surface area contributed by atoms with Gasteiger partial charge in [-0.1, -0.05) is 6.42 Å². The smallest absolute Gasteiger partial charge is 0.162 e. The standard InChI is InChI=1S/C13H22N4O/c1-13(2,18-3)12-15-10-8-6-4-5-7-9(10)11(16-12)17-14/h4-8,14H2,1-3H3,(H,15,16,17). The molecular formula is C13H22N4O. The lowest BCUT2D eigenvalue weighted by molar-refractivity contribution is 0.0114. The predicted octanol–water partition coefficient (Wildman–Crippen LogP) is 1.91. The predicted molar refractivity (Wildman–Crippen MR) is 71.1 cm³/mol. The molecule has 0 saturated carbocycles. The molecule has 0 atom stereocenters. The molecule has 1 heterocycles. The Morgan fingerprint density at radius 1 is 1.17 bits per heavy atom. The zero-order valence-corrected chi connectivity index (χ0v) is 11.4. The Bertz CT molecular complexity index is 431. The summed E-state index contributed by atoms with van der Waals surface area (Å²) in [5, 5.41) is 0. The molecule has 18 heavy (non-hydrogen) atoms. The highest BCUT2D eigenvalue weighted by molar-refractivity contribution is 5.46. The maximum Gasteiger partial charge on any atom is 0.162 e. The summed E-state index contributed by atoms with van der Waals surface area (Å²) >= 11 is 0. The number of fused-ring (bicyclic) bond motifs is 1. The van der Waals surface area contributed by atoms with Crippen molar-refractivity contribution < 1.29 is 4.74 Å². The van der Waals surface area contributed by atoms with Gasteiger partial charge in [0.25, 0.3) is 0 Å². The van der Waals surface area contributed by atoms with E-state index in [1.807, 2.05) is 13.8 Å². The first kappa shape index (κ1) is 13.2. The highest BCUT2D eigenvalue weighted by Gasteiger charge is 2.26. The van der Waals surface area contributed by atoms with Gasteiger partial charge in [-0.15, -0.1) is 0 Å². The zero-order valence-electron chi connectivity index (χ0n) is 11.4. The van der Waals surface area contributed by atoms with Gasteiger partial charge < -0.3 is 10.2 Å². The fraction of sp³-hybridized carbons (Fsp3) is 0.692. The lowest BCUT2D eigenvalue weighted by Crippen LogP contribution is -2.26. The van der Waals surface area contributed by atoms with Crippen LogP contribution in [0, 0.1) is 0 Å². The van der Waals surface area contributed by atoms with E-state index in [9.17, 15) is 0 Å². The summed E-state index contributed by atoms with van der Waals surface area (Å²) in [5.74, 6) is 7.04. The second-order valence-corrected chi connectivity index (χ2v) is 5.24. The molecule has 2 rings (SSSR count). The summed E-state index contributed by atoms with van der Waals surface area (Å²) < 4.78 is 5.45. The third-order valence-corrected chi connectivity index (χ3v) is 3.62. The molecule has 3 N–H and O–H groups in total. The van der Waals surface area contributed by atoms with E-state index in [0.717, 1.165) is 24.4 Å². The number of nitrogens with two attached hydrogens (primary N) is 1. The molecule has 0 fully saturated rings. The average molecular weight is 250 g/mol. The molecular weight excluding hydrogens is 228 g/mol. The Morgan fingerprint density at radius 2 is 1.89 bits per heavy atom. The minimum absolute atomic E-state index is 0.493. The molecule has 0 bridgehead atoms. The van der Waals surface area contributed by atoms with E-state index in [4.69, 9.17) is 15.6 Å². The third kappa shape index (κ3) is 2.47. The largest absolute Gasteiger partial charge is 0.371 e. The fourth-order valence-electron chi connectivity index (χ4n) is 2.25. The number of nitrogens with one attached hydrogen (secondary N) is 1. The average Bonchev–Trinajstić information content (AvgIpc) is 2.62. The van der Waals surface area contributed by atoms with Gasteiger partial charge >= 0.3 is 0 Å². The third-order valence-electron chi connectivity index (χ3n) is 3.62. The van der Waals surface area contributed by atoms with Crippen LogP contribution in [0.1, 0.15) is 50.2 Å². The molecule has 0 aliphatic heterocycles. The van der Waals surface area contributed by atoms with Crippen LogP contribution < -0.4 is 11.3 Å². The number of hydrogen-bond acceptors (Lipinski definition) is 5. The normalized spacial score (nSPS) is 16.0. The van der Waals surface area contributed by atoms with Crippen molar-refractivity contribution in [3.05, 3.63) is 17.1 Å². The maximum atomic E-state index is 5.60.